The highest BCUT2D eigenvalue weighted by Crippen LogP contribution is 2.29. The van der Waals surface area contributed by atoms with E-state index in [2.05, 4.69) is 25.9 Å². The van der Waals surface area contributed by atoms with E-state index in [0.29, 0.717) is 11.0 Å². The van der Waals surface area contributed by atoms with Gasteiger partial charge >= 0.3 is 0 Å². The van der Waals surface area contributed by atoms with E-state index in [1.54, 1.807) is 6.20 Å². The summed E-state index contributed by atoms with van der Waals surface area (Å²) >= 11 is 9.39. The van der Waals surface area contributed by atoms with Gasteiger partial charge in [-0.3, -0.25) is 0 Å². The van der Waals surface area contributed by atoms with E-state index in [0.717, 1.165) is 15.7 Å². The first-order valence-electron chi connectivity index (χ1n) is 3.93. The number of halogens is 2. The molecule has 2 aromatic rings. The number of imidazole rings is 1. The minimum atomic E-state index is 0.388. The van der Waals surface area contributed by atoms with Gasteiger partial charge in [0.05, 0.1) is 16.9 Å². The van der Waals surface area contributed by atoms with Crippen LogP contribution in [0.2, 0.25) is 5.02 Å². The van der Waals surface area contributed by atoms with Gasteiger partial charge < -0.3 is 10.7 Å². The van der Waals surface area contributed by atoms with E-state index in [1.165, 1.54) is 0 Å². The molecule has 0 atom stereocenters. The smallest absolute Gasteiger partial charge is 0.197 e. The summed E-state index contributed by atoms with van der Waals surface area (Å²) in [7, 11) is 0. The van der Waals surface area contributed by atoms with Crippen LogP contribution in [0, 0.1) is 0 Å². The number of hydrogen-bond donors (Lipinski definition) is 2. The standard InChI is InChI=1S/C9H7BrClN3/c10-5-1-2-6(7(11)3-5)8-4-13-9(12)14-8/h1-4H,(H3,12,13,14). The number of hydrogen-bond acceptors (Lipinski definition) is 2. The van der Waals surface area contributed by atoms with Gasteiger partial charge in [0, 0.05) is 10.0 Å². The molecule has 0 aliphatic carbocycles. The van der Waals surface area contributed by atoms with Crippen molar-refractivity contribution in [1.82, 2.24) is 9.97 Å². The third kappa shape index (κ3) is 1.76. The Balaban J connectivity index is 2.52. The Morgan fingerprint density at radius 2 is 2.21 bits per heavy atom. The molecule has 0 saturated heterocycles. The fourth-order valence-electron chi connectivity index (χ4n) is 1.18. The highest BCUT2D eigenvalue weighted by molar-refractivity contribution is 9.10. The molecule has 0 fully saturated rings. The van der Waals surface area contributed by atoms with Crippen LogP contribution in [0.3, 0.4) is 0 Å². The number of nitrogens with one attached hydrogen (secondary N) is 1. The quantitative estimate of drug-likeness (QED) is 0.838. The molecule has 0 aliphatic heterocycles. The first-order valence-corrected chi connectivity index (χ1v) is 5.10. The summed E-state index contributed by atoms with van der Waals surface area (Å²) in [5.41, 5.74) is 7.18. The Hall–Kier alpha value is -1.00. The van der Waals surface area contributed by atoms with Crippen LogP contribution in [-0.2, 0) is 0 Å². The van der Waals surface area contributed by atoms with Gasteiger partial charge in [-0.2, -0.15) is 0 Å². The first kappa shape index (κ1) is 9.55. The van der Waals surface area contributed by atoms with Crippen molar-refractivity contribution in [3.05, 3.63) is 33.9 Å². The van der Waals surface area contributed by atoms with Gasteiger partial charge in [0.2, 0.25) is 0 Å². The van der Waals surface area contributed by atoms with Gasteiger partial charge in [0.1, 0.15) is 0 Å². The van der Waals surface area contributed by atoms with Crippen molar-refractivity contribution in [2.24, 2.45) is 0 Å². The number of aromatic amines is 1. The van der Waals surface area contributed by atoms with Crippen LogP contribution in [0.5, 0.6) is 0 Å². The van der Waals surface area contributed by atoms with Crippen LogP contribution in [-0.4, -0.2) is 9.97 Å². The van der Waals surface area contributed by atoms with Crippen molar-refractivity contribution in [1.29, 1.82) is 0 Å². The third-order valence-corrected chi connectivity index (χ3v) is 2.62. The summed E-state index contributed by atoms with van der Waals surface area (Å²) in [5, 5.41) is 0.656. The molecule has 14 heavy (non-hydrogen) atoms. The second-order valence-corrected chi connectivity index (χ2v) is 4.13. The Morgan fingerprint density at radius 1 is 1.43 bits per heavy atom. The maximum absolute atomic E-state index is 6.05. The number of nitrogens with zero attached hydrogens (tertiary/aromatic N) is 1. The Morgan fingerprint density at radius 3 is 2.79 bits per heavy atom. The normalized spacial score (nSPS) is 10.4. The maximum atomic E-state index is 6.05. The van der Waals surface area contributed by atoms with Crippen molar-refractivity contribution in [2.75, 3.05) is 5.73 Å². The summed E-state index contributed by atoms with van der Waals surface area (Å²) in [6.45, 7) is 0. The van der Waals surface area contributed by atoms with Gasteiger partial charge in [0.15, 0.2) is 5.95 Å². The van der Waals surface area contributed by atoms with Gasteiger partial charge in [0.25, 0.3) is 0 Å². The molecule has 0 radical (unpaired) electrons. The number of aromatic nitrogens is 2. The van der Waals surface area contributed by atoms with E-state index < -0.39 is 0 Å². The van der Waals surface area contributed by atoms with Gasteiger partial charge in [-0.1, -0.05) is 33.6 Å². The molecular weight excluding hydrogens is 265 g/mol. The molecule has 72 valence electrons. The number of H-pyrrole nitrogens is 1. The van der Waals surface area contributed by atoms with Crippen LogP contribution in [0.15, 0.2) is 28.9 Å². The van der Waals surface area contributed by atoms with Crippen LogP contribution in [0.25, 0.3) is 11.3 Å². The summed E-state index contributed by atoms with van der Waals surface area (Å²) in [5.74, 6) is 0.388. The minimum Gasteiger partial charge on any atom is -0.369 e. The zero-order chi connectivity index (χ0) is 10.1. The SMILES string of the molecule is Nc1ncc(-c2ccc(Br)cc2Cl)[nH]1. The van der Waals surface area contributed by atoms with Crippen LogP contribution in [0.4, 0.5) is 5.95 Å². The summed E-state index contributed by atoms with van der Waals surface area (Å²) in [6.07, 6.45) is 1.66. The molecule has 1 aromatic heterocycles. The van der Waals surface area contributed by atoms with Crippen LogP contribution < -0.4 is 5.73 Å². The van der Waals surface area contributed by atoms with E-state index in [4.69, 9.17) is 17.3 Å². The van der Waals surface area contributed by atoms with E-state index >= 15 is 0 Å². The zero-order valence-corrected chi connectivity index (χ0v) is 9.43. The molecule has 1 heterocycles. The maximum Gasteiger partial charge on any atom is 0.197 e. The molecule has 0 aliphatic rings. The summed E-state index contributed by atoms with van der Waals surface area (Å²) in [6, 6.07) is 5.64. The van der Waals surface area contributed by atoms with Crippen LogP contribution in [0.1, 0.15) is 0 Å². The lowest BCUT2D eigenvalue weighted by Gasteiger charge is -2.01. The number of rotatable bonds is 1. The fourth-order valence-corrected chi connectivity index (χ4v) is 1.96. The molecule has 3 nitrogen and oxygen atoms in total. The predicted octanol–water partition coefficient (Wildman–Crippen LogP) is 3.07. The molecule has 2 rings (SSSR count). The van der Waals surface area contributed by atoms with Crippen molar-refractivity contribution >= 4 is 33.5 Å². The fraction of sp³-hybridized carbons (Fsp3) is 0. The number of nitrogen functional groups attached to an aromatic ring is 1. The van der Waals surface area contributed by atoms with E-state index in [1.807, 2.05) is 18.2 Å². The third-order valence-electron chi connectivity index (χ3n) is 1.82. The van der Waals surface area contributed by atoms with Crippen molar-refractivity contribution in [2.45, 2.75) is 0 Å². The summed E-state index contributed by atoms with van der Waals surface area (Å²) < 4.78 is 0.943. The Bertz CT molecular complexity index is 467. The average molecular weight is 273 g/mol. The monoisotopic (exact) mass is 271 g/mol. The Labute approximate surface area is 94.4 Å². The molecule has 0 bridgehead atoms. The number of anilines is 1. The lowest BCUT2D eigenvalue weighted by Crippen LogP contribution is -1.85. The van der Waals surface area contributed by atoms with Gasteiger partial charge in [-0.15, -0.1) is 0 Å². The largest absolute Gasteiger partial charge is 0.369 e. The molecule has 5 heteroatoms. The average Bonchev–Trinajstić information content (AvgIpc) is 2.51. The molecule has 1 aromatic carbocycles. The predicted molar refractivity (Wildman–Crippen MR) is 61.1 cm³/mol. The second-order valence-electron chi connectivity index (χ2n) is 2.81. The lowest BCUT2D eigenvalue weighted by atomic mass is 10.2. The van der Waals surface area contributed by atoms with Crippen molar-refractivity contribution in [3.63, 3.8) is 0 Å². The number of nitrogens with two attached hydrogens (primary N) is 1. The van der Waals surface area contributed by atoms with E-state index in [9.17, 15) is 0 Å². The molecular formula is C9H7BrClN3. The Kier molecular flexibility index (Phi) is 2.48. The molecule has 0 spiro atoms. The van der Waals surface area contributed by atoms with Crippen molar-refractivity contribution < 1.29 is 0 Å². The summed E-state index contributed by atoms with van der Waals surface area (Å²) in [4.78, 5) is 6.83. The number of benzene rings is 1. The highest BCUT2D eigenvalue weighted by Gasteiger charge is 2.05. The highest BCUT2D eigenvalue weighted by atomic mass is 79.9. The second kappa shape index (κ2) is 3.63. The lowest BCUT2D eigenvalue weighted by molar-refractivity contribution is 1.33. The molecule has 3 N–H and O–H groups in total. The molecule has 0 saturated carbocycles. The van der Waals surface area contributed by atoms with E-state index in [-0.39, 0.29) is 0 Å². The first-order chi connectivity index (χ1) is 6.66. The minimum absolute atomic E-state index is 0.388. The van der Waals surface area contributed by atoms with Crippen molar-refractivity contribution in [3.8, 4) is 11.3 Å². The topological polar surface area (TPSA) is 54.7 Å². The van der Waals surface area contributed by atoms with Gasteiger partial charge in [-0.25, -0.2) is 4.98 Å². The molecule has 0 amide bonds. The van der Waals surface area contributed by atoms with Crippen LogP contribution >= 0.6 is 27.5 Å². The van der Waals surface area contributed by atoms with Gasteiger partial charge in [-0.05, 0) is 12.1 Å². The zero-order valence-electron chi connectivity index (χ0n) is 7.09. The molecule has 0 unspecified atom stereocenters.